The molecule has 1 N–H and O–H groups in total. The Balaban J connectivity index is 2.29. The molecule has 0 aromatic carbocycles. The molecule has 0 spiro atoms. The monoisotopic (exact) mass is 318 g/mol. The molecule has 1 fully saturated rings. The van der Waals surface area contributed by atoms with Gasteiger partial charge in [0.2, 0.25) is 5.91 Å². The van der Waals surface area contributed by atoms with E-state index in [-0.39, 0.29) is 18.9 Å². The van der Waals surface area contributed by atoms with E-state index in [1.54, 1.807) is 6.07 Å². The molecule has 0 radical (unpaired) electrons. The molecule has 0 bridgehead atoms. The molecule has 1 atom stereocenters. The Bertz CT molecular complexity index is 494. The topological polar surface area (TPSA) is 70.5 Å². The zero-order valence-corrected chi connectivity index (χ0v) is 10.9. The molecule has 1 aromatic heterocycles. The van der Waals surface area contributed by atoms with Gasteiger partial charge in [-0.2, -0.15) is 0 Å². The summed E-state index contributed by atoms with van der Waals surface area (Å²) >= 11 is 9.00. The Hall–Kier alpha value is -1.14. The summed E-state index contributed by atoms with van der Waals surface area (Å²) in [7, 11) is 0. The van der Waals surface area contributed by atoms with Crippen molar-refractivity contribution in [3.8, 4) is 0 Å². The van der Waals surface area contributed by atoms with E-state index in [9.17, 15) is 9.59 Å². The van der Waals surface area contributed by atoms with Crippen LogP contribution >= 0.6 is 27.5 Å². The van der Waals surface area contributed by atoms with Crippen LogP contribution in [-0.2, 0) is 9.59 Å². The second kappa shape index (κ2) is 4.62. The maximum Gasteiger partial charge on any atom is 0.308 e. The van der Waals surface area contributed by atoms with E-state index < -0.39 is 11.9 Å². The highest BCUT2D eigenvalue weighted by Gasteiger charge is 2.36. The van der Waals surface area contributed by atoms with Gasteiger partial charge in [0.25, 0.3) is 0 Å². The summed E-state index contributed by atoms with van der Waals surface area (Å²) in [5.74, 6) is -1.48. The number of anilines is 1. The maximum atomic E-state index is 11.7. The van der Waals surface area contributed by atoms with Crippen LogP contribution in [0.15, 0.2) is 16.7 Å². The average Bonchev–Trinajstić information content (AvgIpc) is 2.61. The van der Waals surface area contributed by atoms with Crippen molar-refractivity contribution in [1.29, 1.82) is 0 Å². The molecule has 1 aromatic rings. The van der Waals surface area contributed by atoms with Crippen LogP contribution < -0.4 is 4.90 Å². The molecule has 1 amide bonds. The number of pyridine rings is 1. The summed E-state index contributed by atoms with van der Waals surface area (Å²) in [6, 6.07) is 1.62. The van der Waals surface area contributed by atoms with Crippen molar-refractivity contribution in [2.75, 3.05) is 11.4 Å². The molecular weight excluding hydrogens is 311 g/mol. The molecule has 1 saturated heterocycles. The highest BCUT2D eigenvalue weighted by molar-refractivity contribution is 9.10. The number of carbonyl (C=O) groups is 2. The van der Waals surface area contributed by atoms with Gasteiger partial charge < -0.3 is 5.11 Å². The summed E-state index contributed by atoms with van der Waals surface area (Å²) in [4.78, 5) is 27.9. The Morgan fingerprint density at radius 1 is 1.65 bits per heavy atom. The number of aliphatic carboxylic acids is 1. The molecule has 1 aliphatic rings. The number of carboxylic acid groups (broad SMARTS) is 1. The molecule has 0 saturated carbocycles. The number of amides is 1. The summed E-state index contributed by atoms with van der Waals surface area (Å²) < 4.78 is 0.574. The fourth-order valence-corrected chi connectivity index (χ4v) is 2.54. The number of rotatable bonds is 2. The highest BCUT2D eigenvalue weighted by atomic mass is 79.9. The Morgan fingerprint density at radius 2 is 2.35 bits per heavy atom. The average molecular weight is 320 g/mol. The first-order chi connectivity index (χ1) is 7.99. The first kappa shape index (κ1) is 12.3. The molecule has 2 rings (SSSR count). The van der Waals surface area contributed by atoms with Crippen LogP contribution in [-0.4, -0.2) is 28.5 Å². The minimum atomic E-state index is -0.967. The third kappa shape index (κ3) is 2.42. The largest absolute Gasteiger partial charge is 0.481 e. The second-order valence-electron chi connectivity index (χ2n) is 3.70. The number of carbonyl (C=O) groups excluding carboxylic acids is 1. The van der Waals surface area contributed by atoms with E-state index in [1.165, 1.54) is 11.1 Å². The Kier molecular flexibility index (Phi) is 3.35. The van der Waals surface area contributed by atoms with Gasteiger partial charge in [-0.3, -0.25) is 14.5 Å². The predicted octanol–water partition coefficient (Wildman–Crippen LogP) is 1.93. The van der Waals surface area contributed by atoms with Crippen LogP contribution in [0.3, 0.4) is 0 Å². The zero-order valence-electron chi connectivity index (χ0n) is 8.56. The number of nitrogens with zero attached hydrogens (tertiary/aromatic N) is 2. The van der Waals surface area contributed by atoms with Crippen molar-refractivity contribution < 1.29 is 14.7 Å². The van der Waals surface area contributed by atoms with Gasteiger partial charge in [0.1, 0.15) is 5.82 Å². The standard InChI is InChI=1S/C10H8BrClN2O3/c11-7-2-6(12)3-13-9(7)14-4-5(10(16)17)1-8(14)15/h2-3,5H,1,4H2,(H,16,17). The lowest BCUT2D eigenvalue weighted by atomic mass is 10.1. The van der Waals surface area contributed by atoms with Crippen molar-refractivity contribution in [2.24, 2.45) is 5.92 Å². The van der Waals surface area contributed by atoms with Crippen molar-refractivity contribution in [3.05, 3.63) is 21.8 Å². The summed E-state index contributed by atoms with van der Waals surface area (Å²) in [5, 5.41) is 9.32. The van der Waals surface area contributed by atoms with E-state index in [4.69, 9.17) is 16.7 Å². The van der Waals surface area contributed by atoms with Gasteiger partial charge in [0.05, 0.1) is 15.4 Å². The quantitative estimate of drug-likeness (QED) is 0.904. The Labute approximate surface area is 111 Å². The van der Waals surface area contributed by atoms with Gasteiger partial charge in [-0.25, -0.2) is 4.98 Å². The number of hydrogen-bond donors (Lipinski definition) is 1. The van der Waals surface area contributed by atoms with Crippen LogP contribution in [0, 0.1) is 5.92 Å². The lowest BCUT2D eigenvalue weighted by Gasteiger charge is -2.16. The van der Waals surface area contributed by atoms with Crippen molar-refractivity contribution >= 4 is 45.2 Å². The molecule has 1 aliphatic heterocycles. The third-order valence-electron chi connectivity index (χ3n) is 2.52. The molecule has 1 unspecified atom stereocenters. The van der Waals surface area contributed by atoms with E-state index in [0.29, 0.717) is 15.3 Å². The van der Waals surface area contributed by atoms with Crippen LogP contribution in [0.2, 0.25) is 5.02 Å². The fraction of sp³-hybridized carbons (Fsp3) is 0.300. The third-order valence-corrected chi connectivity index (χ3v) is 3.31. The molecular formula is C10H8BrClN2O3. The van der Waals surface area contributed by atoms with Crippen LogP contribution in [0.25, 0.3) is 0 Å². The first-order valence-electron chi connectivity index (χ1n) is 4.83. The van der Waals surface area contributed by atoms with E-state index >= 15 is 0 Å². The van der Waals surface area contributed by atoms with Crippen LogP contribution in [0.4, 0.5) is 5.82 Å². The highest BCUT2D eigenvalue weighted by Crippen LogP contribution is 2.31. The SMILES string of the molecule is O=C(O)C1CC(=O)N(c2ncc(Cl)cc2Br)C1. The Morgan fingerprint density at radius 3 is 2.88 bits per heavy atom. The van der Waals surface area contributed by atoms with Crippen molar-refractivity contribution in [1.82, 2.24) is 4.98 Å². The minimum Gasteiger partial charge on any atom is -0.481 e. The van der Waals surface area contributed by atoms with Gasteiger partial charge in [-0.1, -0.05) is 11.6 Å². The van der Waals surface area contributed by atoms with Gasteiger partial charge in [0.15, 0.2) is 0 Å². The van der Waals surface area contributed by atoms with Crippen LogP contribution in [0.5, 0.6) is 0 Å². The number of carboxylic acids is 1. The van der Waals surface area contributed by atoms with E-state index in [2.05, 4.69) is 20.9 Å². The predicted molar refractivity (Wildman–Crippen MR) is 65.0 cm³/mol. The van der Waals surface area contributed by atoms with Crippen molar-refractivity contribution in [2.45, 2.75) is 6.42 Å². The smallest absolute Gasteiger partial charge is 0.308 e. The summed E-state index contributed by atoms with van der Waals surface area (Å²) in [6.45, 7) is 0.140. The van der Waals surface area contributed by atoms with Gasteiger partial charge >= 0.3 is 5.97 Å². The summed E-state index contributed by atoms with van der Waals surface area (Å²) in [6.07, 6.45) is 1.43. The van der Waals surface area contributed by atoms with E-state index in [1.807, 2.05) is 0 Å². The lowest BCUT2D eigenvalue weighted by Crippen LogP contribution is -2.27. The van der Waals surface area contributed by atoms with Gasteiger partial charge in [0, 0.05) is 19.2 Å². The minimum absolute atomic E-state index is 0.00603. The second-order valence-corrected chi connectivity index (χ2v) is 4.99. The van der Waals surface area contributed by atoms with Gasteiger partial charge in [-0.15, -0.1) is 0 Å². The fourth-order valence-electron chi connectivity index (χ4n) is 1.68. The molecule has 2 heterocycles. The molecule has 90 valence electrons. The summed E-state index contributed by atoms with van der Waals surface area (Å²) in [5.41, 5.74) is 0. The lowest BCUT2D eigenvalue weighted by molar-refractivity contribution is -0.141. The normalized spacial score (nSPS) is 19.8. The number of halogens is 2. The molecule has 0 aliphatic carbocycles. The number of hydrogen-bond acceptors (Lipinski definition) is 3. The molecule has 17 heavy (non-hydrogen) atoms. The van der Waals surface area contributed by atoms with Crippen LogP contribution in [0.1, 0.15) is 6.42 Å². The zero-order chi connectivity index (χ0) is 12.6. The molecule has 5 nitrogen and oxygen atoms in total. The van der Waals surface area contributed by atoms with E-state index in [0.717, 1.165) is 0 Å². The van der Waals surface area contributed by atoms with Crippen molar-refractivity contribution in [3.63, 3.8) is 0 Å². The molecule has 7 heteroatoms. The number of aromatic nitrogens is 1. The maximum absolute atomic E-state index is 11.7. The first-order valence-corrected chi connectivity index (χ1v) is 6.00. The van der Waals surface area contributed by atoms with Gasteiger partial charge in [-0.05, 0) is 22.0 Å².